The fourth-order valence-electron chi connectivity index (χ4n) is 4.19. The van der Waals surface area contributed by atoms with Gasteiger partial charge in [0.15, 0.2) is 0 Å². The molecular formula is C25H32FN3O5S. The van der Waals surface area contributed by atoms with E-state index in [0.29, 0.717) is 11.3 Å². The molecule has 1 N–H and O–H groups in total. The van der Waals surface area contributed by atoms with E-state index in [4.69, 9.17) is 4.74 Å². The van der Waals surface area contributed by atoms with Gasteiger partial charge in [-0.15, -0.1) is 0 Å². The Morgan fingerprint density at radius 3 is 2.46 bits per heavy atom. The summed E-state index contributed by atoms with van der Waals surface area (Å²) in [6.07, 6.45) is 4.76. The zero-order valence-corrected chi connectivity index (χ0v) is 21.1. The first-order valence-corrected chi connectivity index (χ1v) is 13.4. The number of ether oxygens (including phenoxy) is 1. The summed E-state index contributed by atoms with van der Waals surface area (Å²) in [6.45, 7) is 1.01. The normalized spacial score (nSPS) is 14.9. The van der Waals surface area contributed by atoms with Crippen LogP contribution in [0.25, 0.3) is 0 Å². The number of nitrogens with zero attached hydrogens (tertiary/aromatic N) is 2. The number of nitrogens with one attached hydrogen (secondary N) is 1. The molecule has 0 saturated heterocycles. The van der Waals surface area contributed by atoms with Crippen molar-refractivity contribution < 1.29 is 27.1 Å². The molecule has 0 spiro atoms. The molecule has 0 heterocycles. The van der Waals surface area contributed by atoms with E-state index in [1.807, 2.05) is 0 Å². The molecule has 0 radical (unpaired) electrons. The minimum absolute atomic E-state index is 0.0458. The Morgan fingerprint density at radius 1 is 1.14 bits per heavy atom. The number of para-hydroxylation sites is 1. The maximum absolute atomic E-state index is 14.5. The highest BCUT2D eigenvalue weighted by Gasteiger charge is 2.32. The maximum atomic E-state index is 14.5. The van der Waals surface area contributed by atoms with Gasteiger partial charge >= 0.3 is 0 Å². The second kappa shape index (κ2) is 11.5. The number of carbonyl (C=O) groups excluding carboxylic acids is 2. The molecule has 1 saturated carbocycles. The van der Waals surface area contributed by atoms with Crippen molar-refractivity contribution in [2.75, 3.05) is 24.2 Å². The zero-order chi connectivity index (χ0) is 25.6. The highest BCUT2D eigenvalue weighted by atomic mass is 32.2. The SMILES string of the molecule is COc1cccc(CN(C(=O)CN(c2ccccc2F)S(C)(=O)=O)[C@H](C)C(=O)NC2CCCC2)c1. The largest absolute Gasteiger partial charge is 0.497 e. The first kappa shape index (κ1) is 26.5. The molecule has 2 aromatic carbocycles. The zero-order valence-electron chi connectivity index (χ0n) is 20.2. The quantitative estimate of drug-likeness (QED) is 0.535. The maximum Gasteiger partial charge on any atom is 0.244 e. The minimum Gasteiger partial charge on any atom is -0.497 e. The van der Waals surface area contributed by atoms with Crippen LogP contribution in [0.1, 0.15) is 38.2 Å². The molecular weight excluding hydrogens is 473 g/mol. The lowest BCUT2D eigenvalue weighted by atomic mass is 10.1. The first-order valence-electron chi connectivity index (χ1n) is 11.5. The molecule has 1 aliphatic rings. The van der Waals surface area contributed by atoms with Gasteiger partial charge in [-0.3, -0.25) is 13.9 Å². The van der Waals surface area contributed by atoms with Crippen LogP contribution in [0.15, 0.2) is 48.5 Å². The second-order valence-corrected chi connectivity index (χ2v) is 10.7. The number of hydrogen-bond donors (Lipinski definition) is 1. The summed E-state index contributed by atoms with van der Waals surface area (Å²) in [5, 5.41) is 3.00. The predicted octanol–water partition coefficient (Wildman–Crippen LogP) is 3.08. The van der Waals surface area contributed by atoms with E-state index in [1.165, 1.54) is 30.2 Å². The van der Waals surface area contributed by atoms with Gasteiger partial charge in [0.25, 0.3) is 0 Å². The van der Waals surface area contributed by atoms with Gasteiger partial charge in [-0.1, -0.05) is 37.1 Å². The van der Waals surface area contributed by atoms with Crippen molar-refractivity contribution in [3.63, 3.8) is 0 Å². The average Bonchev–Trinajstić information content (AvgIpc) is 3.33. The van der Waals surface area contributed by atoms with Crippen LogP contribution >= 0.6 is 0 Å². The Morgan fingerprint density at radius 2 is 1.83 bits per heavy atom. The molecule has 1 aliphatic carbocycles. The Kier molecular flexibility index (Phi) is 8.71. The van der Waals surface area contributed by atoms with E-state index < -0.39 is 34.3 Å². The van der Waals surface area contributed by atoms with Crippen molar-refractivity contribution in [2.24, 2.45) is 0 Å². The van der Waals surface area contributed by atoms with E-state index in [9.17, 15) is 22.4 Å². The summed E-state index contributed by atoms with van der Waals surface area (Å²) in [5.41, 5.74) is 0.475. The number of anilines is 1. The lowest BCUT2D eigenvalue weighted by Crippen LogP contribution is -2.52. The van der Waals surface area contributed by atoms with Gasteiger partial charge in [0, 0.05) is 12.6 Å². The van der Waals surface area contributed by atoms with Crippen LogP contribution in [0.3, 0.4) is 0 Å². The van der Waals surface area contributed by atoms with Gasteiger partial charge in [0.1, 0.15) is 24.2 Å². The first-order chi connectivity index (χ1) is 16.6. The molecule has 10 heteroatoms. The second-order valence-electron chi connectivity index (χ2n) is 8.76. The summed E-state index contributed by atoms with van der Waals surface area (Å²) in [4.78, 5) is 27.9. The summed E-state index contributed by atoms with van der Waals surface area (Å²) in [6, 6.07) is 11.6. The van der Waals surface area contributed by atoms with Crippen molar-refractivity contribution in [1.82, 2.24) is 10.2 Å². The molecule has 8 nitrogen and oxygen atoms in total. The van der Waals surface area contributed by atoms with E-state index in [0.717, 1.165) is 42.3 Å². The smallest absolute Gasteiger partial charge is 0.244 e. The lowest BCUT2D eigenvalue weighted by Gasteiger charge is -2.32. The standard InChI is InChI=1S/C25H32FN3O5S/c1-18(25(31)27-20-10-4-5-11-20)28(16-19-9-8-12-21(15-19)34-2)24(30)17-29(35(3,32)33)23-14-7-6-13-22(23)26/h6-9,12-15,18,20H,4-5,10-11,16-17H2,1-3H3,(H,27,31)/t18-/m1/s1. The minimum atomic E-state index is -3.99. The van der Waals surface area contributed by atoms with Crippen molar-refractivity contribution in [3.8, 4) is 5.75 Å². The van der Waals surface area contributed by atoms with E-state index in [2.05, 4.69) is 5.32 Å². The van der Waals surface area contributed by atoms with Gasteiger partial charge in [-0.05, 0) is 49.6 Å². The van der Waals surface area contributed by atoms with Crippen LogP contribution in [-0.4, -0.2) is 57.1 Å². The number of sulfonamides is 1. The number of amides is 2. The number of benzene rings is 2. The van der Waals surface area contributed by atoms with Crippen LogP contribution in [0.2, 0.25) is 0 Å². The summed E-state index contributed by atoms with van der Waals surface area (Å²) in [5.74, 6) is -1.13. The number of hydrogen-bond acceptors (Lipinski definition) is 5. The van der Waals surface area contributed by atoms with E-state index >= 15 is 0 Å². The Labute approximate surface area is 206 Å². The molecule has 0 bridgehead atoms. The third-order valence-electron chi connectivity index (χ3n) is 6.16. The molecule has 0 aliphatic heterocycles. The Balaban J connectivity index is 1.90. The summed E-state index contributed by atoms with van der Waals surface area (Å²) in [7, 11) is -2.47. The van der Waals surface area contributed by atoms with Crippen LogP contribution < -0.4 is 14.4 Å². The number of carbonyl (C=O) groups is 2. The molecule has 3 rings (SSSR count). The summed E-state index contributed by atoms with van der Waals surface area (Å²) < 4.78 is 45.5. The molecule has 2 amide bonds. The Hall–Kier alpha value is -3.14. The Bertz CT molecular complexity index is 1150. The molecule has 0 aromatic heterocycles. The van der Waals surface area contributed by atoms with Gasteiger partial charge in [-0.25, -0.2) is 12.8 Å². The van der Waals surface area contributed by atoms with Crippen LogP contribution in [0.5, 0.6) is 5.75 Å². The van der Waals surface area contributed by atoms with E-state index in [1.54, 1.807) is 31.2 Å². The van der Waals surface area contributed by atoms with E-state index in [-0.39, 0.29) is 24.2 Å². The van der Waals surface area contributed by atoms with Crippen LogP contribution in [0.4, 0.5) is 10.1 Å². The van der Waals surface area contributed by atoms with Crippen molar-refractivity contribution in [2.45, 2.75) is 51.2 Å². The van der Waals surface area contributed by atoms with Gasteiger partial charge < -0.3 is 15.0 Å². The lowest BCUT2D eigenvalue weighted by molar-refractivity contribution is -0.139. The third kappa shape index (κ3) is 6.94. The fourth-order valence-corrected chi connectivity index (χ4v) is 5.04. The molecule has 2 aromatic rings. The molecule has 0 unspecified atom stereocenters. The predicted molar refractivity (Wildman–Crippen MR) is 132 cm³/mol. The highest BCUT2D eigenvalue weighted by molar-refractivity contribution is 7.92. The number of halogens is 1. The van der Waals surface area contributed by atoms with Crippen LogP contribution in [0, 0.1) is 5.82 Å². The van der Waals surface area contributed by atoms with Crippen molar-refractivity contribution in [1.29, 1.82) is 0 Å². The summed E-state index contributed by atoms with van der Waals surface area (Å²) >= 11 is 0. The topological polar surface area (TPSA) is 96.0 Å². The molecule has 190 valence electrons. The van der Waals surface area contributed by atoms with Gasteiger partial charge in [-0.2, -0.15) is 0 Å². The highest BCUT2D eigenvalue weighted by Crippen LogP contribution is 2.23. The molecule has 1 atom stereocenters. The van der Waals surface area contributed by atoms with Crippen molar-refractivity contribution in [3.05, 3.63) is 59.9 Å². The average molecular weight is 506 g/mol. The number of rotatable bonds is 10. The molecule has 1 fully saturated rings. The van der Waals surface area contributed by atoms with Crippen LogP contribution in [-0.2, 0) is 26.2 Å². The monoisotopic (exact) mass is 505 g/mol. The third-order valence-corrected chi connectivity index (χ3v) is 7.28. The van der Waals surface area contributed by atoms with Gasteiger partial charge in [0.2, 0.25) is 21.8 Å². The number of methoxy groups -OCH3 is 1. The molecule has 35 heavy (non-hydrogen) atoms. The van der Waals surface area contributed by atoms with Gasteiger partial charge in [0.05, 0.1) is 19.1 Å². The van der Waals surface area contributed by atoms with Crippen molar-refractivity contribution >= 4 is 27.5 Å². The fraction of sp³-hybridized carbons (Fsp3) is 0.440.